The third kappa shape index (κ3) is 7.30. The predicted molar refractivity (Wildman–Crippen MR) is 108 cm³/mol. The topological polar surface area (TPSA) is 98.8 Å². The Morgan fingerprint density at radius 1 is 0.893 bits per heavy atom. The normalized spacial score (nSPS) is 16.8. The Bertz CT molecular complexity index is 757. The van der Waals surface area contributed by atoms with Crippen molar-refractivity contribution in [3.63, 3.8) is 0 Å². The predicted octanol–water partition coefficient (Wildman–Crippen LogP) is 2.87. The van der Waals surface area contributed by atoms with Crippen molar-refractivity contribution in [3.8, 4) is 0 Å². The van der Waals surface area contributed by atoms with Crippen LogP contribution < -0.4 is 5.32 Å². The maximum Gasteiger partial charge on any atom is 0.336 e. The first kappa shape index (κ1) is 24.2. The Labute approximate surface area is 168 Å². The number of sulfone groups is 1. The smallest absolute Gasteiger partial charge is 0.336 e. The van der Waals surface area contributed by atoms with Crippen LogP contribution in [0.4, 0.5) is 0 Å². The molecule has 1 aliphatic heterocycles. The van der Waals surface area contributed by atoms with Gasteiger partial charge in [0.1, 0.15) is 21.0 Å². The number of rotatable bonds is 5. The molecule has 160 valence electrons. The first-order valence-electron chi connectivity index (χ1n) is 9.24. The highest BCUT2D eigenvalue weighted by Crippen LogP contribution is 2.35. The highest BCUT2D eigenvalue weighted by atomic mass is 32.2. The van der Waals surface area contributed by atoms with E-state index in [-0.39, 0.29) is 23.3 Å². The van der Waals surface area contributed by atoms with Gasteiger partial charge in [-0.25, -0.2) is 18.0 Å². The fraction of sp³-hybridized carbons (Fsp3) is 0.700. The van der Waals surface area contributed by atoms with E-state index >= 15 is 0 Å². The molecule has 0 bridgehead atoms. The molecule has 0 atom stereocenters. The summed E-state index contributed by atoms with van der Waals surface area (Å²) in [5, 5.41) is 3.05. The lowest BCUT2D eigenvalue weighted by Crippen LogP contribution is -2.38. The van der Waals surface area contributed by atoms with Gasteiger partial charge in [-0.05, 0) is 61.8 Å². The Morgan fingerprint density at radius 2 is 1.25 bits per heavy atom. The maximum absolute atomic E-state index is 12.9. The zero-order chi connectivity index (χ0) is 22.1. The fourth-order valence-electron chi connectivity index (χ4n) is 2.96. The van der Waals surface area contributed by atoms with Gasteiger partial charge in [0.25, 0.3) is 0 Å². The molecule has 0 radical (unpaired) electrons. The minimum absolute atomic E-state index is 0.0817. The molecule has 1 rings (SSSR count). The van der Waals surface area contributed by atoms with Crippen LogP contribution in [0.1, 0.15) is 61.8 Å². The molecule has 0 fully saturated rings. The summed E-state index contributed by atoms with van der Waals surface area (Å²) in [6.07, 6.45) is 1.21. The van der Waals surface area contributed by atoms with Crippen LogP contribution in [0, 0.1) is 5.92 Å². The molecule has 0 aromatic carbocycles. The second-order valence-corrected chi connectivity index (χ2v) is 11.4. The zero-order valence-corrected chi connectivity index (χ0v) is 19.2. The number of allylic oxidation sites excluding steroid dienone is 2. The first-order chi connectivity index (χ1) is 12.4. The highest BCUT2D eigenvalue weighted by molar-refractivity contribution is 7.90. The third-order valence-corrected chi connectivity index (χ3v) is 4.87. The summed E-state index contributed by atoms with van der Waals surface area (Å²) in [7, 11) is -3.30. The van der Waals surface area contributed by atoms with Crippen LogP contribution >= 0.6 is 0 Å². The molecule has 28 heavy (non-hydrogen) atoms. The van der Waals surface area contributed by atoms with E-state index in [0.717, 1.165) is 6.26 Å². The Balaban J connectivity index is 3.42. The van der Waals surface area contributed by atoms with Gasteiger partial charge in [-0.1, -0.05) is 0 Å². The molecule has 7 nitrogen and oxygen atoms in total. The summed E-state index contributed by atoms with van der Waals surface area (Å²) in [6.45, 7) is 13.9. The number of ether oxygens (including phenoxy) is 2. The van der Waals surface area contributed by atoms with E-state index in [0.29, 0.717) is 11.4 Å². The number of esters is 2. The Kier molecular flexibility index (Phi) is 7.15. The molecule has 1 aliphatic rings. The summed E-state index contributed by atoms with van der Waals surface area (Å²) in [4.78, 5) is 25.7. The average Bonchev–Trinajstić information content (AvgIpc) is 2.39. The van der Waals surface area contributed by atoms with Crippen molar-refractivity contribution in [2.75, 3.05) is 12.0 Å². The molecule has 0 aliphatic carbocycles. The van der Waals surface area contributed by atoms with Gasteiger partial charge >= 0.3 is 11.9 Å². The third-order valence-electron chi connectivity index (χ3n) is 3.89. The van der Waals surface area contributed by atoms with Crippen LogP contribution in [0.3, 0.4) is 0 Å². The van der Waals surface area contributed by atoms with Crippen molar-refractivity contribution < 1.29 is 27.5 Å². The van der Waals surface area contributed by atoms with Crippen molar-refractivity contribution in [3.05, 3.63) is 22.5 Å². The number of nitrogens with one attached hydrogen (secondary N) is 1. The molecule has 8 heteroatoms. The monoisotopic (exact) mass is 415 g/mol. The quantitative estimate of drug-likeness (QED) is 0.689. The van der Waals surface area contributed by atoms with E-state index in [1.807, 2.05) is 0 Å². The second kappa shape index (κ2) is 8.27. The number of hydrogen-bond acceptors (Lipinski definition) is 7. The van der Waals surface area contributed by atoms with Gasteiger partial charge in [-0.3, -0.25) is 0 Å². The number of hydrogen-bond donors (Lipinski definition) is 1. The standard InChI is InChI=1S/C20H33NO6S/c1-12-15(17(22)26-19(3,4)5)14(10-11-28(9,24)25)16(13(2)21-12)18(23)27-20(6,7)8/h14,21H,10-11H2,1-9H3. The van der Waals surface area contributed by atoms with Crippen molar-refractivity contribution in [1.29, 1.82) is 0 Å². The van der Waals surface area contributed by atoms with E-state index in [9.17, 15) is 18.0 Å². The van der Waals surface area contributed by atoms with E-state index in [2.05, 4.69) is 5.32 Å². The molecule has 0 saturated heterocycles. The van der Waals surface area contributed by atoms with Gasteiger partial charge in [-0.2, -0.15) is 0 Å². The SMILES string of the molecule is CC1=C(C(=O)OC(C)(C)C)C(CCS(C)(=O)=O)C(C(=O)OC(C)(C)C)=C(C)N1. The highest BCUT2D eigenvalue weighted by Gasteiger charge is 2.39. The largest absolute Gasteiger partial charge is 0.457 e. The van der Waals surface area contributed by atoms with Gasteiger partial charge in [-0.15, -0.1) is 0 Å². The Morgan fingerprint density at radius 3 is 1.54 bits per heavy atom. The zero-order valence-electron chi connectivity index (χ0n) is 18.3. The van der Waals surface area contributed by atoms with Gasteiger partial charge in [0.05, 0.1) is 16.9 Å². The van der Waals surface area contributed by atoms with Crippen LogP contribution in [-0.2, 0) is 28.9 Å². The number of carbonyl (C=O) groups is 2. The molecule has 0 aromatic rings. The van der Waals surface area contributed by atoms with E-state index in [4.69, 9.17) is 9.47 Å². The van der Waals surface area contributed by atoms with Crippen molar-refractivity contribution in [2.45, 2.75) is 73.0 Å². The van der Waals surface area contributed by atoms with Crippen LogP contribution in [0.25, 0.3) is 0 Å². The van der Waals surface area contributed by atoms with E-state index in [1.54, 1.807) is 55.4 Å². The summed E-state index contributed by atoms with van der Waals surface area (Å²) >= 11 is 0. The molecular formula is C20H33NO6S. The van der Waals surface area contributed by atoms with Crippen LogP contribution in [0.15, 0.2) is 22.5 Å². The van der Waals surface area contributed by atoms with E-state index in [1.165, 1.54) is 0 Å². The fourth-order valence-corrected chi connectivity index (χ4v) is 3.62. The van der Waals surface area contributed by atoms with Crippen molar-refractivity contribution in [1.82, 2.24) is 5.32 Å². The minimum atomic E-state index is -3.30. The molecule has 0 amide bonds. The lowest BCUT2D eigenvalue weighted by molar-refractivity contribution is -0.151. The molecule has 0 saturated carbocycles. The minimum Gasteiger partial charge on any atom is -0.457 e. The lowest BCUT2D eigenvalue weighted by Gasteiger charge is -2.33. The Hall–Kier alpha value is -1.83. The maximum atomic E-state index is 12.9. The number of carbonyl (C=O) groups excluding carboxylic acids is 2. The first-order valence-corrected chi connectivity index (χ1v) is 11.3. The molecule has 0 spiro atoms. The van der Waals surface area contributed by atoms with Gasteiger partial charge < -0.3 is 14.8 Å². The molecular weight excluding hydrogens is 382 g/mol. The summed E-state index contributed by atoms with van der Waals surface area (Å²) in [5.41, 5.74) is 0.132. The van der Waals surface area contributed by atoms with Crippen LogP contribution in [0.2, 0.25) is 0 Å². The van der Waals surface area contributed by atoms with Crippen LogP contribution in [0.5, 0.6) is 0 Å². The van der Waals surface area contributed by atoms with E-state index < -0.39 is 38.9 Å². The molecule has 0 unspecified atom stereocenters. The molecule has 1 N–H and O–H groups in total. The van der Waals surface area contributed by atoms with Crippen molar-refractivity contribution >= 4 is 21.8 Å². The average molecular weight is 416 g/mol. The van der Waals surface area contributed by atoms with Gasteiger partial charge in [0.15, 0.2) is 0 Å². The molecule has 0 aromatic heterocycles. The summed E-state index contributed by atoms with van der Waals surface area (Å²) in [6, 6.07) is 0. The van der Waals surface area contributed by atoms with Crippen molar-refractivity contribution in [2.24, 2.45) is 5.92 Å². The lowest BCUT2D eigenvalue weighted by atomic mass is 9.83. The number of dihydropyridines is 1. The van der Waals surface area contributed by atoms with Gasteiger partial charge in [0.2, 0.25) is 0 Å². The summed E-state index contributed by atoms with van der Waals surface area (Å²) < 4.78 is 34.6. The second-order valence-electron chi connectivity index (χ2n) is 9.18. The summed E-state index contributed by atoms with van der Waals surface area (Å²) in [5.74, 6) is -2.06. The molecule has 1 heterocycles. The van der Waals surface area contributed by atoms with Gasteiger partial charge in [0, 0.05) is 23.6 Å². The van der Waals surface area contributed by atoms with Crippen LogP contribution in [-0.4, -0.2) is 43.6 Å².